The summed E-state index contributed by atoms with van der Waals surface area (Å²) in [5, 5.41) is 5.65. The second-order valence-corrected chi connectivity index (χ2v) is 6.01. The molecule has 0 aliphatic carbocycles. The maximum atomic E-state index is 12.1. The van der Waals surface area contributed by atoms with Crippen LogP contribution in [0, 0.1) is 0 Å². The van der Waals surface area contributed by atoms with Crippen LogP contribution in [0.25, 0.3) is 11.1 Å². The molecule has 25 heavy (non-hydrogen) atoms. The van der Waals surface area contributed by atoms with Crippen molar-refractivity contribution in [2.24, 2.45) is 0 Å². The maximum Gasteiger partial charge on any atom is 0.238 e. The van der Waals surface area contributed by atoms with Crippen molar-refractivity contribution in [2.75, 3.05) is 32.0 Å². The number of likely N-dealkylation sites (N-methyl/N-ethyl adjacent to an activating group) is 1. The summed E-state index contributed by atoms with van der Waals surface area (Å²) in [5.41, 5.74) is 2.98. The molecule has 0 atom stereocenters. The van der Waals surface area contributed by atoms with Gasteiger partial charge < -0.3 is 10.6 Å². The molecule has 2 N–H and O–H groups in total. The van der Waals surface area contributed by atoms with E-state index in [0.29, 0.717) is 6.54 Å². The van der Waals surface area contributed by atoms with Gasteiger partial charge in [0.05, 0.1) is 13.1 Å². The van der Waals surface area contributed by atoms with Gasteiger partial charge in [-0.1, -0.05) is 49.4 Å². The summed E-state index contributed by atoms with van der Waals surface area (Å²) in [6.45, 7) is 3.04. The van der Waals surface area contributed by atoms with Crippen LogP contribution in [0.4, 0.5) is 5.69 Å². The molecule has 0 saturated carbocycles. The average Bonchev–Trinajstić information content (AvgIpc) is 2.61. The Hall–Kier alpha value is -2.66. The van der Waals surface area contributed by atoms with Crippen molar-refractivity contribution in [3.8, 4) is 11.1 Å². The Labute approximate surface area is 149 Å². The van der Waals surface area contributed by atoms with Crippen molar-refractivity contribution in [1.29, 1.82) is 0 Å². The van der Waals surface area contributed by atoms with Crippen LogP contribution in [-0.2, 0) is 9.59 Å². The van der Waals surface area contributed by atoms with Crippen LogP contribution in [0.5, 0.6) is 0 Å². The zero-order chi connectivity index (χ0) is 18.1. The first-order valence-electron chi connectivity index (χ1n) is 8.49. The number of carbonyl (C=O) groups is 2. The van der Waals surface area contributed by atoms with Crippen molar-refractivity contribution in [1.82, 2.24) is 10.2 Å². The largest absolute Gasteiger partial charge is 0.355 e. The Morgan fingerprint density at radius 3 is 2.12 bits per heavy atom. The Morgan fingerprint density at radius 2 is 1.48 bits per heavy atom. The summed E-state index contributed by atoms with van der Waals surface area (Å²) in [4.78, 5) is 25.4. The number of rotatable bonds is 8. The zero-order valence-corrected chi connectivity index (χ0v) is 14.8. The third-order valence-corrected chi connectivity index (χ3v) is 3.67. The topological polar surface area (TPSA) is 61.4 Å². The molecule has 0 fully saturated rings. The van der Waals surface area contributed by atoms with E-state index in [1.54, 1.807) is 11.9 Å². The second kappa shape index (κ2) is 9.59. The molecule has 0 saturated heterocycles. The molecule has 0 aromatic heterocycles. The lowest BCUT2D eigenvalue weighted by atomic mass is 10.1. The standard InChI is InChI=1S/C20H25N3O2/c1-3-13-21-19(24)14-23(2)15-20(25)22-18-11-9-17(10-12-18)16-7-5-4-6-8-16/h4-12H,3,13-15H2,1-2H3,(H,21,24)(H,22,25). The molecular formula is C20H25N3O2. The van der Waals surface area contributed by atoms with Gasteiger partial charge >= 0.3 is 0 Å². The molecule has 2 aromatic rings. The first kappa shape index (κ1) is 18.7. The van der Waals surface area contributed by atoms with E-state index in [4.69, 9.17) is 0 Å². The average molecular weight is 339 g/mol. The normalized spacial score (nSPS) is 10.5. The van der Waals surface area contributed by atoms with E-state index < -0.39 is 0 Å². The first-order chi connectivity index (χ1) is 12.1. The fourth-order valence-corrected chi connectivity index (χ4v) is 2.44. The summed E-state index contributed by atoms with van der Waals surface area (Å²) in [5.74, 6) is -0.206. The molecule has 132 valence electrons. The molecule has 0 unspecified atom stereocenters. The van der Waals surface area contributed by atoms with Gasteiger partial charge in [-0.3, -0.25) is 14.5 Å². The number of hydrogen-bond donors (Lipinski definition) is 2. The van der Waals surface area contributed by atoms with Gasteiger partial charge in [-0.25, -0.2) is 0 Å². The number of hydrogen-bond acceptors (Lipinski definition) is 3. The van der Waals surface area contributed by atoms with Gasteiger partial charge in [0.25, 0.3) is 0 Å². The van der Waals surface area contributed by atoms with Gasteiger partial charge in [-0.05, 0) is 36.7 Å². The van der Waals surface area contributed by atoms with Crippen molar-refractivity contribution in [2.45, 2.75) is 13.3 Å². The monoisotopic (exact) mass is 339 g/mol. The van der Waals surface area contributed by atoms with E-state index >= 15 is 0 Å². The Morgan fingerprint density at radius 1 is 0.880 bits per heavy atom. The van der Waals surface area contributed by atoms with Gasteiger partial charge in [-0.2, -0.15) is 0 Å². The van der Waals surface area contributed by atoms with Crippen LogP contribution in [0.15, 0.2) is 54.6 Å². The van der Waals surface area contributed by atoms with Crippen molar-refractivity contribution in [3.63, 3.8) is 0 Å². The molecule has 2 rings (SSSR count). The zero-order valence-electron chi connectivity index (χ0n) is 14.8. The fourth-order valence-electron chi connectivity index (χ4n) is 2.44. The van der Waals surface area contributed by atoms with E-state index in [1.807, 2.05) is 61.5 Å². The highest BCUT2D eigenvalue weighted by atomic mass is 16.2. The van der Waals surface area contributed by atoms with Gasteiger partial charge in [0.15, 0.2) is 0 Å². The number of nitrogens with zero attached hydrogens (tertiary/aromatic N) is 1. The Balaban J connectivity index is 1.83. The lowest BCUT2D eigenvalue weighted by molar-refractivity contribution is -0.122. The van der Waals surface area contributed by atoms with E-state index in [-0.39, 0.29) is 24.9 Å². The number of benzene rings is 2. The van der Waals surface area contributed by atoms with E-state index in [2.05, 4.69) is 10.6 Å². The number of amides is 2. The smallest absolute Gasteiger partial charge is 0.238 e. The number of carbonyl (C=O) groups excluding carboxylic acids is 2. The summed E-state index contributed by atoms with van der Waals surface area (Å²) in [7, 11) is 1.75. The van der Waals surface area contributed by atoms with Gasteiger partial charge in [0, 0.05) is 12.2 Å². The third kappa shape index (κ3) is 6.39. The summed E-state index contributed by atoms with van der Waals surface area (Å²) < 4.78 is 0. The molecule has 2 amide bonds. The SMILES string of the molecule is CCCNC(=O)CN(C)CC(=O)Nc1ccc(-c2ccccc2)cc1. The summed E-state index contributed by atoms with van der Waals surface area (Å²) >= 11 is 0. The minimum absolute atomic E-state index is 0.0654. The highest BCUT2D eigenvalue weighted by molar-refractivity contribution is 5.92. The fraction of sp³-hybridized carbons (Fsp3) is 0.300. The summed E-state index contributed by atoms with van der Waals surface area (Å²) in [6.07, 6.45) is 0.898. The molecule has 0 aliphatic rings. The Bertz CT molecular complexity index is 684. The predicted octanol–water partition coefficient (Wildman–Crippen LogP) is 2.75. The van der Waals surface area contributed by atoms with Crippen molar-refractivity contribution >= 4 is 17.5 Å². The van der Waals surface area contributed by atoms with Gasteiger partial charge in [0.2, 0.25) is 11.8 Å². The first-order valence-corrected chi connectivity index (χ1v) is 8.49. The predicted molar refractivity (Wildman–Crippen MR) is 101 cm³/mol. The number of anilines is 1. The highest BCUT2D eigenvalue weighted by Gasteiger charge is 2.10. The lowest BCUT2D eigenvalue weighted by Crippen LogP contribution is -2.39. The van der Waals surface area contributed by atoms with Crippen molar-refractivity contribution in [3.05, 3.63) is 54.6 Å². The molecule has 0 aliphatic heterocycles. The van der Waals surface area contributed by atoms with E-state index in [0.717, 1.165) is 23.2 Å². The van der Waals surface area contributed by atoms with Gasteiger partial charge in [0.1, 0.15) is 0 Å². The third-order valence-electron chi connectivity index (χ3n) is 3.67. The molecule has 0 radical (unpaired) electrons. The molecular weight excluding hydrogens is 314 g/mol. The highest BCUT2D eigenvalue weighted by Crippen LogP contribution is 2.20. The number of nitrogens with one attached hydrogen (secondary N) is 2. The van der Waals surface area contributed by atoms with Crippen LogP contribution in [0.3, 0.4) is 0 Å². The van der Waals surface area contributed by atoms with Crippen LogP contribution < -0.4 is 10.6 Å². The minimum atomic E-state index is -0.141. The van der Waals surface area contributed by atoms with Crippen LogP contribution >= 0.6 is 0 Å². The second-order valence-electron chi connectivity index (χ2n) is 6.01. The lowest BCUT2D eigenvalue weighted by Gasteiger charge is -2.16. The van der Waals surface area contributed by atoms with Crippen LogP contribution in [0.1, 0.15) is 13.3 Å². The summed E-state index contributed by atoms with van der Waals surface area (Å²) in [6, 6.07) is 17.8. The van der Waals surface area contributed by atoms with Crippen LogP contribution in [0.2, 0.25) is 0 Å². The Kier molecular flexibility index (Phi) is 7.16. The van der Waals surface area contributed by atoms with Crippen LogP contribution in [-0.4, -0.2) is 43.4 Å². The van der Waals surface area contributed by atoms with Crippen molar-refractivity contribution < 1.29 is 9.59 Å². The maximum absolute atomic E-state index is 12.1. The molecule has 5 heteroatoms. The van der Waals surface area contributed by atoms with E-state index in [1.165, 1.54) is 0 Å². The molecule has 0 heterocycles. The molecule has 5 nitrogen and oxygen atoms in total. The molecule has 2 aromatic carbocycles. The quantitative estimate of drug-likeness (QED) is 0.777. The van der Waals surface area contributed by atoms with Gasteiger partial charge in [-0.15, -0.1) is 0 Å². The molecule has 0 spiro atoms. The molecule has 0 bridgehead atoms. The minimum Gasteiger partial charge on any atom is -0.355 e. The van der Waals surface area contributed by atoms with E-state index in [9.17, 15) is 9.59 Å².